The summed E-state index contributed by atoms with van der Waals surface area (Å²) >= 11 is 5.87. The number of aliphatic hydroxyl groups excluding tert-OH is 1. The molecule has 4 aromatic carbocycles. The van der Waals surface area contributed by atoms with E-state index in [1.165, 1.54) is 11.1 Å². The summed E-state index contributed by atoms with van der Waals surface area (Å²) in [5.74, 6) is 3.09. The van der Waals surface area contributed by atoms with Gasteiger partial charge in [0.1, 0.15) is 11.6 Å². The summed E-state index contributed by atoms with van der Waals surface area (Å²) in [6.45, 7) is 11.0. The number of aromatic nitrogens is 4. The Labute approximate surface area is 414 Å². The lowest BCUT2D eigenvalue weighted by Crippen LogP contribution is -2.37. The zero-order valence-electron chi connectivity index (χ0n) is 38.6. The highest BCUT2D eigenvalue weighted by molar-refractivity contribution is 8.26. The van der Waals surface area contributed by atoms with E-state index in [1.807, 2.05) is 122 Å². The number of amides is 2. The zero-order valence-corrected chi connectivity index (χ0v) is 41.7. The minimum atomic E-state index is -1.67. The number of nitriles is 2. The molecule has 2 aliphatic heterocycles. The smallest absolute Gasteiger partial charge is 0.253 e. The molecular weight excluding hydrogens is 939 g/mol. The molecule has 0 saturated carbocycles. The monoisotopic (exact) mass is 992 g/mol. The van der Waals surface area contributed by atoms with Crippen molar-refractivity contribution in [2.24, 2.45) is 0 Å². The number of nitrogens with zero attached hydrogens (tertiary/aromatic N) is 6. The van der Waals surface area contributed by atoms with Crippen LogP contribution in [0.3, 0.4) is 0 Å². The molecule has 2 saturated heterocycles. The zero-order chi connectivity index (χ0) is 48.9. The van der Waals surface area contributed by atoms with Crippen molar-refractivity contribution in [2.45, 2.75) is 78.1 Å². The van der Waals surface area contributed by atoms with E-state index in [0.29, 0.717) is 52.8 Å². The standard InChI is InChI=1S/C26H27ClN4O.C26H28N4O2.Cl2OS/c1-17-3-6-22(15-23(17)25-18(2)29-24(30-25)9-12-27)26(32)31-13-10-21(11-14-31)20-7-4-19(16-28)5-8-20;1-17-3-6-22(15-23(17)25-18(2)28-24(29-25)11-14-31)26(32)30-12-9-21(10-13-30)20-7-4-19(16-27)5-8-20;1-4(2)3/h3-8,15,21H,9-14H2,1-2H3,(H,29,30);3-8,15,21,31H,9-14H2,1-2H3,(H,28,29);. The molecule has 2 aliphatic rings. The Balaban J connectivity index is 0.000000208. The van der Waals surface area contributed by atoms with Crippen molar-refractivity contribution >= 4 is 54.0 Å². The van der Waals surface area contributed by atoms with E-state index in [4.69, 9.17) is 31.3 Å². The summed E-state index contributed by atoms with van der Waals surface area (Å²) < 4.78 is 9.09. The molecule has 0 spiro atoms. The van der Waals surface area contributed by atoms with Crippen molar-refractivity contribution in [3.05, 3.63) is 152 Å². The maximum absolute atomic E-state index is 13.3. The number of aryl methyl sites for hydroxylation is 5. The average molecular weight is 994 g/mol. The van der Waals surface area contributed by atoms with Gasteiger partial charge in [-0.1, -0.05) is 36.4 Å². The van der Waals surface area contributed by atoms with Crippen LogP contribution in [0, 0.1) is 50.4 Å². The summed E-state index contributed by atoms with van der Waals surface area (Å²) in [6.07, 6.45) is 4.85. The first-order valence-corrected chi connectivity index (χ1v) is 25.9. The molecule has 3 N–H and O–H groups in total. The molecule has 354 valence electrons. The van der Waals surface area contributed by atoms with Crippen molar-refractivity contribution in [3.8, 4) is 34.7 Å². The third-order valence-electron chi connectivity index (χ3n) is 12.6. The molecule has 8 rings (SSSR count). The van der Waals surface area contributed by atoms with Crippen molar-refractivity contribution in [2.75, 3.05) is 38.7 Å². The third-order valence-corrected chi connectivity index (χ3v) is 12.8. The topological polar surface area (TPSA) is 183 Å². The lowest BCUT2D eigenvalue weighted by atomic mass is 9.88. The number of likely N-dealkylation sites (tertiary alicyclic amines) is 2. The number of hydrogen-bond donors (Lipinski definition) is 3. The van der Waals surface area contributed by atoms with Gasteiger partial charge in [0.25, 0.3) is 11.8 Å². The molecule has 2 amide bonds. The van der Waals surface area contributed by atoms with Crippen LogP contribution in [0.5, 0.6) is 0 Å². The molecule has 0 atom stereocenters. The van der Waals surface area contributed by atoms with Gasteiger partial charge in [0, 0.05) is 99.9 Å². The highest BCUT2D eigenvalue weighted by atomic mass is 36.0. The Morgan fingerprint density at radius 1 is 0.662 bits per heavy atom. The van der Waals surface area contributed by atoms with E-state index in [-0.39, 0.29) is 18.4 Å². The van der Waals surface area contributed by atoms with Crippen LogP contribution in [0.25, 0.3) is 22.5 Å². The Hall–Kier alpha value is -5.80. The van der Waals surface area contributed by atoms with Gasteiger partial charge in [-0.3, -0.25) is 9.59 Å². The van der Waals surface area contributed by atoms with E-state index in [2.05, 4.69) is 48.5 Å². The molecule has 4 heterocycles. The summed E-state index contributed by atoms with van der Waals surface area (Å²) in [7, 11) is 7.36. The van der Waals surface area contributed by atoms with Crippen LogP contribution in [-0.2, 0) is 22.1 Å². The molecule has 0 unspecified atom stereocenters. The number of piperidine rings is 2. The SMILES string of the molecule is Cc1ccc(C(=O)N2CCC(c3ccc(C#N)cc3)CC2)cc1-c1nc(CCCl)[nH]c1C.Cc1ccc(C(=O)N2CCC(c3ccc(C#N)cc3)CC2)cc1-c1nc(CCO)[nH]c1C.O=S(Cl)Cl. The van der Waals surface area contributed by atoms with E-state index in [0.717, 1.165) is 109 Å². The summed E-state index contributed by atoms with van der Waals surface area (Å²) in [4.78, 5) is 46.3. The normalized spacial score (nSPS) is 14.0. The van der Waals surface area contributed by atoms with Crippen LogP contribution in [0.15, 0.2) is 84.9 Å². The number of nitrogens with one attached hydrogen (secondary N) is 2. The molecule has 2 aromatic heterocycles. The minimum absolute atomic E-state index is 0.0440. The first-order chi connectivity index (χ1) is 32.7. The lowest BCUT2D eigenvalue weighted by molar-refractivity contribution is 0.0705. The fraction of sp³-hybridized carbons (Fsp3) is 0.346. The molecule has 0 aliphatic carbocycles. The van der Waals surface area contributed by atoms with Crippen LogP contribution < -0.4 is 0 Å². The van der Waals surface area contributed by atoms with Gasteiger partial charge < -0.3 is 24.9 Å². The van der Waals surface area contributed by atoms with Crippen LogP contribution in [0.4, 0.5) is 0 Å². The number of benzene rings is 4. The molecule has 68 heavy (non-hydrogen) atoms. The van der Waals surface area contributed by atoms with Crippen molar-refractivity contribution in [1.82, 2.24) is 29.7 Å². The van der Waals surface area contributed by atoms with Crippen LogP contribution in [0.1, 0.15) is 115 Å². The Morgan fingerprint density at radius 2 is 1.03 bits per heavy atom. The predicted octanol–water partition coefficient (Wildman–Crippen LogP) is 10.5. The van der Waals surface area contributed by atoms with E-state index < -0.39 is 9.23 Å². The van der Waals surface area contributed by atoms with Gasteiger partial charge in [-0.2, -0.15) is 10.5 Å². The van der Waals surface area contributed by atoms with Gasteiger partial charge in [-0.25, -0.2) is 14.2 Å². The second-order valence-electron chi connectivity index (χ2n) is 17.1. The number of aromatic amines is 2. The second-order valence-corrected chi connectivity index (χ2v) is 20.0. The summed E-state index contributed by atoms with van der Waals surface area (Å²) in [5.41, 5.74) is 12.9. The van der Waals surface area contributed by atoms with E-state index in [1.54, 1.807) is 0 Å². The number of alkyl halides is 1. The van der Waals surface area contributed by atoms with Gasteiger partial charge in [0.2, 0.25) is 9.23 Å². The molecule has 2 fully saturated rings. The average Bonchev–Trinajstić information content (AvgIpc) is 3.91. The molecule has 0 radical (unpaired) electrons. The van der Waals surface area contributed by atoms with Gasteiger partial charge in [-0.05, 0) is 136 Å². The molecule has 6 aromatic rings. The number of carbonyl (C=O) groups is 2. The predicted molar refractivity (Wildman–Crippen MR) is 270 cm³/mol. The van der Waals surface area contributed by atoms with Crippen LogP contribution in [-0.4, -0.2) is 89.5 Å². The third kappa shape index (κ3) is 13.2. The maximum atomic E-state index is 13.3. The fourth-order valence-corrected chi connectivity index (χ4v) is 9.06. The number of rotatable bonds is 10. The Kier molecular flexibility index (Phi) is 18.6. The van der Waals surface area contributed by atoms with Crippen LogP contribution >= 0.6 is 33.0 Å². The van der Waals surface area contributed by atoms with Crippen LogP contribution in [0.2, 0.25) is 0 Å². The number of hydrogen-bond acceptors (Lipinski definition) is 8. The number of H-pyrrole nitrogens is 2. The van der Waals surface area contributed by atoms with Gasteiger partial charge >= 0.3 is 0 Å². The summed E-state index contributed by atoms with van der Waals surface area (Å²) in [6, 6.07) is 31.6. The largest absolute Gasteiger partial charge is 0.396 e. The highest BCUT2D eigenvalue weighted by Crippen LogP contribution is 2.33. The molecular formula is C52H55Cl3N8O4S. The van der Waals surface area contributed by atoms with E-state index >= 15 is 0 Å². The van der Waals surface area contributed by atoms with Gasteiger partial charge in [-0.15, -0.1) is 11.6 Å². The highest BCUT2D eigenvalue weighted by Gasteiger charge is 2.27. The summed E-state index contributed by atoms with van der Waals surface area (Å²) in [5, 5.41) is 27.2. The Bertz CT molecular complexity index is 2610. The van der Waals surface area contributed by atoms with Gasteiger partial charge in [0.15, 0.2) is 0 Å². The van der Waals surface area contributed by atoms with Crippen molar-refractivity contribution < 1.29 is 18.9 Å². The maximum Gasteiger partial charge on any atom is 0.253 e. The number of aliphatic hydroxyl groups is 1. The quantitative estimate of drug-likeness (QED) is 0.0895. The molecule has 0 bridgehead atoms. The number of imidazole rings is 2. The number of halogens is 3. The first kappa shape index (κ1) is 51.6. The number of carbonyl (C=O) groups excluding carboxylic acids is 2. The first-order valence-electron chi connectivity index (χ1n) is 22.6. The lowest BCUT2D eigenvalue weighted by Gasteiger charge is -2.32. The fourth-order valence-electron chi connectivity index (χ4n) is 8.88. The van der Waals surface area contributed by atoms with Crippen molar-refractivity contribution in [3.63, 3.8) is 0 Å². The molecule has 12 nitrogen and oxygen atoms in total. The van der Waals surface area contributed by atoms with Gasteiger partial charge in [0.05, 0.1) is 41.3 Å². The van der Waals surface area contributed by atoms with Crippen molar-refractivity contribution in [1.29, 1.82) is 10.5 Å². The second kappa shape index (κ2) is 24.5. The van der Waals surface area contributed by atoms with E-state index in [9.17, 15) is 14.7 Å². The minimum Gasteiger partial charge on any atom is -0.396 e. The Morgan fingerprint density at radius 3 is 1.37 bits per heavy atom. The molecule has 16 heteroatoms.